The highest BCUT2D eigenvalue weighted by Gasteiger charge is 2.24. The number of carboxylic acids is 1. The van der Waals surface area contributed by atoms with E-state index >= 15 is 0 Å². The molecule has 2 aromatic rings. The van der Waals surface area contributed by atoms with Crippen molar-refractivity contribution in [3.63, 3.8) is 0 Å². The number of carbonyl (C=O) groups excluding carboxylic acids is 1. The Morgan fingerprint density at radius 2 is 1.56 bits per heavy atom. The van der Waals surface area contributed by atoms with Gasteiger partial charge in [-0.15, -0.1) is 0 Å². The molecule has 0 bridgehead atoms. The number of nitrogens with one attached hydrogen (secondary N) is 1. The van der Waals surface area contributed by atoms with Gasteiger partial charge in [-0.2, -0.15) is 4.37 Å². The minimum Gasteiger partial charge on any atom is -0.477 e. The van der Waals surface area contributed by atoms with Crippen LogP contribution < -0.4 is 10.1 Å². The van der Waals surface area contributed by atoms with Crippen LogP contribution in [0, 0.1) is 34.6 Å². The maximum atomic E-state index is 11.8. The number of carbonyl (C=O) groups is 2. The molecule has 2 rings (SSSR count). The maximum Gasteiger partial charge on any atom is 0.344 e. The van der Waals surface area contributed by atoms with E-state index in [-0.39, 0.29) is 23.1 Å². The summed E-state index contributed by atoms with van der Waals surface area (Å²) in [6, 6.07) is -0.427. The van der Waals surface area contributed by atoms with Crippen molar-refractivity contribution in [3.05, 3.63) is 38.9 Å². The largest absolute Gasteiger partial charge is 0.477 e. The van der Waals surface area contributed by atoms with E-state index in [0.717, 1.165) is 28.2 Å². The van der Waals surface area contributed by atoms with Gasteiger partial charge in [0, 0.05) is 14.1 Å². The lowest BCUT2D eigenvalue weighted by molar-refractivity contribution is 0.0693. The second-order valence-corrected chi connectivity index (χ2v) is 7.49. The van der Waals surface area contributed by atoms with Gasteiger partial charge in [-0.3, -0.25) is 5.32 Å². The molecule has 0 saturated carbocycles. The number of amides is 2. The number of nitrogens with zero attached hydrogens (tertiary/aromatic N) is 2. The lowest BCUT2D eigenvalue weighted by atomic mass is 9.90. The fourth-order valence-corrected chi connectivity index (χ4v) is 3.51. The number of benzene rings is 1. The zero-order valence-corrected chi connectivity index (χ0v) is 17.5. The number of hydrogen-bond acceptors (Lipinski definition) is 5. The van der Waals surface area contributed by atoms with Crippen LogP contribution in [0.5, 0.6) is 5.88 Å². The third kappa shape index (κ3) is 4.05. The number of ether oxygens (including phenoxy) is 1. The molecule has 8 heteroatoms. The molecule has 0 radical (unpaired) electrons. The van der Waals surface area contributed by atoms with Crippen molar-refractivity contribution in [2.75, 3.05) is 19.4 Å². The molecule has 0 aliphatic carbocycles. The summed E-state index contributed by atoms with van der Waals surface area (Å²) < 4.78 is 9.86. The summed E-state index contributed by atoms with van der Waals surface area (Å²) in [6.07, 6.45) is 0. The number of rotatable bonds is 5. The van der Waals surface area contributed by atoms with E-state index in [1.54, 1.807) is 14.1 Å². The first-order valence-electron chi connectivity index (χ1n) is 8.46. The second-order valence-electron chi connectivity index (χ2n) is 6.71. The zero-order chi connectivity index (χ0) is 20.5. The highest BCUT2D eigenvalue weighted by Crippen LogP contribution is 2.33. The summed E-state index contributed by atoms with van der Waals surface area (Å²) in [6.45, 7) is 10.5. The molecule has 0 aliphatic heterocycles. The number of aromatic nitrogens is 1. The summed E-state index contributed by atoms with van der Waals surface area (Å²) in [5.74, 6) is -1.19. The van der Waals surface area contributed by atoms with E-state index in [1.165, 1.54) is 21.6 Å². The Bertz CT molecular complexity index is 874. The number of aromatic carboxylic acids is 1. The minimum atomic E-state index is -1.20. The van der Waals surface area contributed by atoms with Gasteiger partial charge in [-0.25, -0.2) is 9.59 Å². The molecule has 0 saturated heterocycles. The van der Waals surface area contributed by atoms with Gasteiger partial charge in [0.05, 0.1) is 0 Å². The van der Waals surface area contributed by atoms with Gasteiger partial charge < -0.3 is 14.7 Å². The Kier molecular flexibility index (Phi) is 6.10. The van der Waals surface area contributed by atoms with Crippen LogP contribution in [0.2, 0.25) is 0 Å². The van der Waals surface area contributed by atoms with Crippen molar-refractivity contribution in [2.24, 2.45) is 0 Å². The third-order valence-electron chi connectivity index (χ3n) is 5.01. The molecule has 0 unspecified atom stereocenters. The van der Waals surface area contributed by atoms with E-state index in [4.69, 9.17) is 4.74 Å². The van der Waals surface area contributed by atoms with Gasteiger partial charge in [0.15, 0.2) is 5.56 Å². The van der Waals surface area contributed by atoms with Gasteiger partial charge in [0.25, 0.3) is 0 Å². The van der Waals surface area contributed by atoms with Crippen LogP contribution in [0.4, 0.5) is 9.80 Å². The summed E-state index contributed by atoms with van der Waals surface area (Å²) in [5, 5.41) is 12.2. The Hall–Kier alpha value is -2.61. The standard InChI is InChI=1S/C19H25N3O4S/c1-9-10(2)12(4)14(13(5)11(9)3)8-26-16-15(18(23)24)17(27-21-16)20-19(25)22(6)7/h8H2,1-7H3,(H,20,25)(H,23,24). The first-order valence-corrected chi connectivity index (χ1v) is 9.23. The molecule has 2 amide bonds. The predicted molar refractivity (Wildman–Crippen MR) is 106 cm³/mol. The Morgan fingerprint density at radius 3 is 2.04 bits per heavy atom. The van der Waals surface area contributed by atoms with Crippen LogP contribution in [0.15, 0.2) is 0 Å². The summed E-state index contributed by atoms with van der Waals surface area (Å²) in [5.41, 5.74) is 6.81. The monoisotopic (exact) mass is 391 g/mol. The second kappa shape index (κ2) is 7.96. The van der Waals surface area contributed by atoms with E-state index in [0.29, 0.717) is 0 Å². The number of urea groups is 1. The lowest BCUT2D eigenvalue weighted by Gasteiger charge is -2.18. The summed E-state index contributed by atoms with van der Waals surface area (Å²) in [4.78, 5) is 24.8. The first kappa shape index (κ1) is 20.7. The van der Waals surface area contributed by atoms with Gasteiger partial charge in [0.1, 0.15) is 11.6 Å². The van der Waals surface area contributed by atoms with Crippen molar-refractivity contribution < 1.29 is 19.4 Å². The van der Waals surface area contributed by atoms with E-state index in [1.807, 2.05) is 13.8 Å². The predicted octanol–water partition coefficient (Wildman–Crippen LogP) is 4.06. The molecule has 1 aromatic heterocycles. The quantitative estimate of drug-likeness (QED) is 0.802. The average Bonchev–Trinajstić information content (AvgIpc) is 3.00. The highest BCUT2D eigenvalue weighted by atomic mass is 32.1. The average molecular weight is 391 g/mol. The van der Waals surface area contributed by atoms with Crippen molar-refractivity contribution in [1.82, 2.24) is 9.27 Å². The van der Waals surface area contributed by atoms with Crippen molar-refractivity contribution in [3.8, 4) is 5.88 Å². The van der Waals surface area contributed by atoms with Gasteiger partial charge in [0.2, 0.25) is 5.88 Å². The van der Waals surface area contributed by atoms with Crippen molar-refractivity contribution in [1.29, 1.82) is 0 Å². The van der Waals surface area contributed by atoms with E-state index in [2.05, 4.69) is 30.5 Å². The normalized spacial score (nSPS) is 10.6. The summed E-state index contributed by atoms with van der Waals surface area (Å²) >= 11 is 0.888. The molecule has 2 N–H and O–H groups in total. The zero-order valence-electron chi connectivity index (χ0n) is 16.7. The van der Waals surface area contributed by atoms with Crippen LogP contribution in [-0.2, 0) is 6.61 Å². The van der Waals surface area contributed by atoms with E-state index in [9.17, 15) is 14.7 Å². The molecular formula is C19H25N3O4S. The number of hydrogen-bond donors (Lipinski definition) is 2. The fourth-order valence-electron chi connectivity index (χ4n) is 2.79. The lowest BCUT2D eigenvalue weighted by Crippen LogP contribution is -2.27. The van der Waals surface area contributed by atoms with Crippen molar-refractivity contribution in [2.45, 2.75) is 41.2 Å². The Balaban J connectivity index is 2.33. The number of carboxylic acid groups (broad SMARTS) is 1. The van der Waals surface area contributed by atoms with Gasteiger partial charge in [-0.1, -0.05) is 0 Å². The van der Waals surface area contributed by atoms with Gasteiger partial charge >= 0.3 is 12.0 Å². The SMILES string of the molecule is Cc1c(C)c(C)c(COc2nsc(NC(=O)N(C)C)c2C(=O)O)c(C)c1C. The highest BCUT2D eigenvalue weighted by molar-refractivity contribution is 7.11. The molecule has 1 heterocycles. The Labute approximate surface area is 163 Å². The van der Waals surface area contributed by atoms with Crippen LogP contribution >= 0.6 is 11.5 Å². The Morgan fingerprint density at radius 1 is 1.04 bits per heavy atom. The van der Waals surface area contributed by atoms with Crippen LogP contribution in [0.25, 0.3) is 0 Å². The molecule has 1 aromatic carbocycles. The molecule has 7 nitrogen and oxygen atoms in total. The van der Waals surface area contributed by atoms with Crippen LogP contribution in [0.3, 0.4) is 0 Å². The molecular weight excluding hydrogens is 366 g/mol. The molecule has 146 valence electrons. The number of anilines is 1. The molecule has 0 spiro atoms. The fraction of sp³-hybridized carbons (Fsp3) is 0.421. The van der Waals surface area contributed by atoms with E-state index < -0.39 is 12.0 Å². The first-order chi connectivity index (χ1) is 12.6. The van der Waals surface area contributed by atoms with Crippen molar-refractivity contribution >= 4 is 28.5 Å². The maximum absolute atomic E-state index is 11.8. The minimum absolute atomic E-state index is 0.0104. The molecule has 0 atom stereocenters. The molecule has 27 heavy (non-hydrogen) atoms. The molecule has 0 fully saturated rings. The third-order valence-corrected chi connectivity index (χ3v) is 5.76. The van der Waals surface area contributed by atoms with Crippen LogP contribution in [-0.4, -0.2) is 40.5 Å². The van der Waals surface area contributed by atoms with Gasteiger partial charge in [-0.05, 0) is 79.5 Å². The smallest absolute Gasteiger partial charge is 0.344 e. The topological polar surface area (TPSA) is 91.8 Å². The molecule has 0 aliphatic rings. The van der Waals surface area contributed by atoms with Crippen LogP contribution in [0.1, 0.15) is 43.7 Å². The summed E-state index contributed by atoms with van der Waals surface area (Å²) in [7, 11) is 3.14.